The van der Waals surface area contributed by atoms with Crippen molar-refractivity contribution in [2.24, 2.45) is 0 Å². The molecule has 1 heterocycles. The minimum Gasteiger partial charge on any atom is -0.464 e. The van der Waals surface area contributed by atoms with E-state index < -0.39 is 6.04 Å². The summed E-state index contributed by atoms with van der Waals surface area (Å²) in [7, 11) is 0. The lowest BCUT2D eigenvalue weighted by atomic mass is 10.1. The number of benzene rings is 1. The molecule has 1 unspecified atom stereocenters. The van der Waals surface area contributed by atoms with Crippen LogP contribution in [0.15, 0.2) is 24.3 Å². The van der Waals surface area contributed by atoms with E-state index in [-0.39, 0.29) is 11.9 Å². The Bertz CT molecular complexity index is 515. The third-order valence-corrected chi connectivity index (χ3v) is 4.12. The SMILES string of the molecule is CCCCCOC(=O)C1CCCN1C(=O)c1ccc(Cl)cc1. The van der Waals surface area contributed by atoms with Crippen LogP contribution in [0.4, 0.5) is 0 Å². The number of carbonyl (C=O) groups excluding carboxylic acids is 2. The van der Waals surface area contributed by atoms with Crippen LogP contribution < -0.4 is 0 Å². The van der Waals surface area contributed by atoms with Gasteiger partial charge in [-0.3, -0.25) is 4.79 Å². The molecule has 0 radical (unpaired) electrons. The maximum Gasteiger partial charge on any atom is 0.328 e. The number of likely N-dealkylation sites (tertiary alicyclic amines) is 1. The first-order valence-electron chi connectivity index (χ1n) is 7.86. The van der Waals surface area contributed by atoms with Crippen molar-refractivity contribution in [2.75, 3.05) is 13.2 Å². The molecule has 0 aliphatic carbocycles. The van der Waals surface area contributed by atoms with Gasteiger partial charge in [0.2, 0.25) is 0 Å². The Morgan fingerprint density at radius 2 is 2.00 bits per heavy atom. The molecular formula is C17H22ClNO3. The van der Waals surface area contributed by atoms with Gasteiger partial charge in [0.1, 0.15) is 6.04 Å². The highest BCUT2D eigenvalue weighted by Crippen LogP contribution is 2.22. The molecule has 0 spiro atoms. The molecule has 1 aromatic rings. The number of amides is 1. The molecule has 1 aliphatic heterocycles. The zero-order valence-electron chi connectivity index (χ0n) is 12.9. The van der Waals surface area contributed by atoms with E-state index in [1.807, 2.05) is 0 Å². The van der Waals surface area contributed by atoms with E-state index in [0.717, 1.165) is 25.7 Å². The van der Waals surface area contributed by atoms with Crippen molar-refractivity contribution in [3.8, 4) is 0 Å². The number of halogens is 1. The quantitative estimate of drug-likeness (QED) is 0.592. The van der Waals surface area contributed by atoms with E-state index in [1.165, 1.54) is 0 Å². The topological polar surface area (TPSA) is 46.6 Å². The number of nitrogens with zero attached hydrogens (tertiary/aromatic N) is 1. The number of rotatable bonds is 6. The molecular weight excluding hydrogens is 302 g/mol. The van der Waals surface area contributed by atoms with E-state index in [2.05, 4.69) is 6.92 Å². The lowest BCUT2D eigenvalue weighted by Crippen LogP contribution is -2.41. The summed E-state index contributed by atoms with van der Waals surface area (Å²) in [4.78, 5) is 26.3. The Labute approximate surface area is 136 Å². The molecule has 1 atom stereocenters. The Hall–Kier alpha value is -1.55. The predicted octanol–water partition coefficient (Wildman–Crippen LogP) is 3.68. The highest BCUT2D eigenvalue weighted by Gasteiger charge is 2.35. The smallest absolute Gasteiger partial charge is 0.328 e. The minimum atomic E-state index is -0.454. The molecule has 5 heteroatoms. The second kappa shape index (κ2) is 8.18. The Morgan fingerprint density at radius 3 is 2.68 bits per heavy atom. The van der Waals surface area contributed by atoms with Crippen molar-refractivity contribution in [2.45, 2.75) is 45.1 Å². The number of unbranched alkanes of at least 4 members (excludes halogenated alkanes) is 2. The molecule has 1 aliphatic rings. The largest absolute Gasteiger partial charge is 0.464 e. The lowest BCUT2D eigenvalue weighted by molar-refractivity contribution is -0.148. The maximum absolute atomic E-state index is 12.5. The Balaban J connectivity index is 1.96. The molecule has 1 amide bonds. The molecule has 120 valence electrons. The number of carbonyl (C=O) groups is 2. The standard InChI is InChI=1S/C17H22ClNO3/c1-2-3-4-12-22-17(21)15-6-5-11-19(15)16(20)13-7-9-14(18)10-8-13/h7-10,15H,2-6,11-12H2,1H3. The average Bonchev–Trinajstić information content (AvgIpc) is 3.01. The number of hydrogen-bond donors (Lipinski definition) is 0. The third-order valence-electron chi connectivity index (χ3n) is 3.87. The van der Waals surface area contributed by atoms with Crippen LogP contribution >= 0.6 is 11.6 Å². The third kappa shape index (κ3) is 4.23. The molecule has 0 aromatic heterocycles. The average molecular weight is 324 g/mol. The summed E-state index contributed by atoms with van der Waals surface area (Å²) in [6.45, 7) is 3.13. The zero-order chi connectivity index (χ0) is 15.9. The highest BCUT2D eigenvalue weighted by atomic mass is 35.5. The van der Waals surface area contributed by atoms with Crippen LogP contribution in [0.5, 0.6) is 0 Å². The Morgan fingerprint density at radius 1 is 1.27 bits per heavy atom. The van der Waals surface area contributed by atoms with Crippen LogP contribution in [0, 0.1) is 0 Å². The van der Waals surface area contributed by atoms with E-state index in [4.69, 9.17) is 16.3 Å². The van der Waals surface area contributed by atoms with E-state index in [0.29, 0.717) is 30.2 Å². The fraction of sp³-hybridized carbons (Fsp3) is 0.529. The van der Waals surface area contributed by atoms with Crippen LogP contribution in [0.3, 0.4) is 0 Å². The van der Waals surface area contributed by atoms with Crippen LogP contribution in [0.2, 0.25) is 5.02 Å². The van der Waals surface area contributed by atoms with Gasteiger partial charge in [-0.2, -0.15) is 0 Å². The number of esters is 1. The molecule has 2 rings (SSSR count). The van der Waals surface area contributed by atoms with Gasteiger partial charge in [-0.15, -0.1) is 0 Å². The van der Waals surface area contributed by atoms with E-state index in [9.17, 15) is 9.59 Å². The van der Waals surface area contributed by atoms with Crippen molar-refractivity contribution in [3.05, 3.63) is 34.9 Å². The van der Waals surface area contributed by atoms with Gasteiger partial charge in [0, 0.05) is 17.1 Å². The summed E-state index contributed by atoms with van der Waals surface area (Å²) in [5.41, 5.74) is 0.551. The van der Waals surface area contributed by atoms with E-state index >= 15 is 0 Å². The summed E-state index contributed by atoms with van der Waals surface area (Å²) in [6, 6.07) is 6.29. The van der Waals surface area contributed by atoms with Crippen molar-refractivity contribution in [1.82, 2.24) is 4.90 Å². The van der Waals surface area contributed by atoms with Gasteiger partial charge in [0.25, 0.3) is 5.91 Å². The fourth-order valence-corrected chi connectivity index (χ4v) is 2.76. The first kappa shape index (κ1) is 16.8. The molecule has 1 saturated heterocycles. The molecule has 22 heavy (non-hydrogen) atoms. The van der Waals surface area contributed by atoms with Crippen LogP contribution in [0.1, 0.15) is 49.4 Å². The van der Waals surface area contributed by atoms with Gasteiger partial charge in [0.15, 0.2) is 0 Å². The first-order valence-corrected chi connectivity index (χ1v) is 8.24. The fourth-order valence-electron chi connectivity index (χ4n) is 2.63. The van der Waals surface area contributed by atoms with Crippen molar-refractivity contribution in [1.29, 1.82) is 0 Å². The monoisotopic (exact) mass is 323 g/mol. The van der Waals surface area contributed by atoms with Crippen molar-refractivity contribution in [3.63, 3.8) is 0 Å². The second-order valence-corrected chi connectivity index (χ2v) is 5.97. The van der Waals surface area contributed by atoms with Gasteiger partial charge >= 0.3 is 5.97 Å². The molecule has 0 saturated carbocycles. The lowest BCUT2D eigenvalue weighted by Gasteiger charge is -2.23. The first-order chi connectivity index (χ1) is 10.6. The summed E-state index contributed by atoms with van der Waals surface area (Å²) < 4.78 is 5.31. The highest BCUT2D eigenvalue weighted by molar-refractivity contribution is 6.30. The summed E-state index contributed by atoms with van der Waals surface area (Å²) >= 11 is 5.84. The minimum absolute atomic E-state index is 0.135. The van der Waals surface area contributed by atoms with Gasteiger partial charge in [-0.25, -0.2) is 4.79 Å². The van der Waals surface area contributed by atoms with E-state index in [1.54, 1.807) is 29.2 Å². The van der Waals surface area contributed by atoms with Gasteiger partial charge in [-0.1, -0.05) is 31.4 Å². The normalized spacial score (nSPS) is 17.5. The van der Waals surface area contributed by atoms with Gasteiger partial charge < -0.3 is 9.64 Å². The molecule has 1 fully saturated rings. The molecule has 0 N–H and O–H groups in total. The number of ether oxygens (including phenoxy) is 1. The Kier molecular flexibility index (Phi) is 6.25. The predicted molar refractivity (Wildman–Crippen MR) is 86.0 cm³/mol. The van der Waals surface area contributed by atoms with Crippen molar-refractivity contribution >= 4 is 23.5 Å². The van der Waals surface area contributed by atoms with Crippen LogP contribution in [-0.4, -0.2) is 36.0 Å². The molecule has 0 bridgehead atoms. The van der Waals surface area contributed by atoms with Crippen LogP contribution in [-0.2, 0) is 9.53 Å². The summed E-state index contributed by atoms with van der Waals surface area (Å²) in [6.07, 6.45) is 4.51. The van der Waals surface area contributed by atoms with Gasteiger partial charge in [0.05, 0.1) is 6.61 Å². The molecule has 1 aromatic carbocycles. The van der Waals surface area contributed by atoms with Gasteiger partial charge in [-0.05, 0) is 43.5 Å². The summed E-state index contributed by atoms with van der Waals surface area (Å²) in [5.74, 6) is -0.416. The summed E-state index contributed by atoms with van der Waals surface area (Å²) in [5, 5.41) is 0.588. The van der Waals surface area contributed by atoms with Crippen molar-refractivity contribution < 1.29 is 14.3 Å². The maximum atomic E-state index is 12.5. The molecule has 4 nitrogen and oxygen atoms in total. The second-order valence-electron chi connectivity index (χ2n) is 5.54. The number of hydrogen-bond acceptors (Lipinski definition) is 3. The van der Waals surface area contributed by atoms with Crippen LogP contribution in [0.25, 0.3) is 0 Å². The zero-order valence-corrected chi connectivity index (χ0v) is 13.6.